The van der Waals surface area contributed by atoms with Crippen LogP contribution in [-0.2, 0) is 6.54 Å². The Morgan fingerprint density at radius 1 is 1.29 bits per heavy atom. The highest BCUT2D eigenvalue weighted by molar-refractivity contribution is 6.31. The zero-order valence-corrected chi connectivity index (χ0v) is 16.0. The number of aromatic nitrogens is 3. The topological polar surface area (TPSA) is 82.2 Å². The molecule has 4 aromatic rings. The molecule has 0 unspecified atom stereocenters. The highest BCUT2D eigenvalue weighted by Crippen LogP contribution is 2.25. The molecule has 0 fully saturated rings. The molecule has 28 heavy (non-hydrogen) atoms. The van der Waals surface area contributed by atoms with Gasteiger partial charge in [0.05, 0.1) is 31.4 Å². The van der Waals surface area contributed by atoms with Crippen molar-refractivity contribution in [3.63, 3.8) is 0 Å². The molecule has 8 heteroatoms. The predicted molar refractivity (Wildman–Crippen MR) is 105 cm³/mol. The molecule has 0 atom stereocenters. The van der Waals surface area contributed by atoms with E-state index in [0.29, 0.717) is 27.6 Å². The lowest BCUT2D eigenvalue weighted by atomic mass is 10.1. The van der Waals surface area contributed by atoms with E-state index in [-0.39, 0.29) is 12.5 Å². The Morgan fingerprint density at radius 2 is 2.14 bits per heavy atom. The lowest BCUT2D eigenvalue weighted by molar-refractivity contribution is 0.0950. The molecule has 1 amide bonds. The van der Waals surface area contributed by atoms with Gasteiger partial charge in [0.25, 0.3) is 5.91 Å². The number of carbonyl (C=O) groups is 1. The lowest BCUT2D eigenvalue weighted by Gasteiger charge is -2.11. The lowest BCUT2D eigenvalue weighted by Crippen LogP contribution is -2.23. The maximum atomic E-state index is 12.6. The quantitative estimate of drug-likeness (QED) is 0.553. The largest absolute Gasteiger partial charge is 0.495 e. The second kappa shape index (κ2) is 7.36. The number of benzene rings is 2. The molecule has 2 aromatic heterocycles. The second-order valence-corrected chi connectivity index (χ2v) is 6.70. The molecule has 0 saturated carbocycles. The van der Waals surface area contributed by atoms with Gasteiger partial charge in [0, 0.05) is 22.2 Å². The monoisotopic (exact) mass is 396 g/mol. The molecule has 7 nitrogen and oxygen atoms in total. The number of hydrogen-bond acceptors (Lipinski definition) is 5. The number of nitrogens with zero attached hydrogens (tertiary/aromatic N) is 3. The summed E-state index contributed by atoms with van der Waals surface area (Å²) in [6.45, 7) is 2.13. The number of methoxy groups -OCH3 is 1. The van der Waals surface area contributed by atoms with E-state index in [2.05, 4.69) is 15.5 Å². The number of halogens is 1. The average molecular weight is 397 g/mol. The third kappa shape index (κ3) is 3.44. The summed E-state index contributed by atoms with van der Waals surface area (Å²) in [5, 5.41) is 8.21. The Morgan fingerprint density at radius 3 is 2.89 bits per heavy atom. The third-order valence-electron chi connectivity index (χ3n) is 4.35. The molecule has 0 aliphatic heterocycles. The first-order valence-electron chi connectivity index (χ1n) is 8.56. The summed E-state index contributed by atoms with van der Waals surface area (Å²) in [6, 6.07) is 10.5. The van der Waals surface area contributed by atoms with Crippen LogP contribution in [0.4, 0.5) is 0 Å². The van der Waals surface area contributed by atoms with E-state index in [4.69, 9.17) is 20.9 Å². The van der Waals surface area contributed by atoms with Gasteiger partial charge in [-0.1, -0.05) is 16.8 Å². The molecule has 2 aromatic carbocycles. The molecule has 0 bridgehead atoms. The van der Waals surface area contributed by atoms with E-state index in [9.17, 15) is 4.79 Å². The van der Waals surface area contributed by atoms with Crippen LogP contribution in [0.2, 0.25) is 5.02 Å². The van der Waals surface area contributed by atoms with Crippen LogP contribution in [0.5, 0.6) is 5.75 Å². The zero-order chi connectivity index (χ0) is 19.7. The van der Waals surface area contributed by atoms with Crippen LogP contribution in [-0.4, -0.2) is 27.7 Å². The zero-order valence-electron chi connectivity index (χ0n) is 15.3. The average Bonchev–Trinajstić information content (AvgIpc) is 3.31. The first-order valence-corrected chi connectivity index (χ1v) is 8.94. The van der Waals surface area contributed by atoms with Crippen molar-refractivity contribution >= 4 is 28.5 Å². The Bertz CT molecular complexity index is 1170. The molecule has 2 heterocycles. The van der Waals surface area contributed by atoms with Crippen molar-refractivity contribution in [1.29, 1.82) is 0 Å². The fourth-order valence-electron chi connectivity index (χ4n) is 2.94. The van der Waals surface area contributed by atoms with Crippen LogP contribution in [0, 0.1) is 6.92 Å². The summed E-state index contributed by atoms with van der Waals surface area (Å²) < 4.78 is 12.6. The van der Waals surface area contributed by atoms with Crippen molar-refractivity contribution in [1.82, 2.24) is 20.0 Å². The number of rotatable bonds is 5. The first-order chi connectivity index (χ1) is 13.5. The van der Waals surface area contributed by atoms with Gasteiger partial charge in [0.2, 0.25) is 0 Å². The summed E-state index contributed by atoms with van der Waals surface area (Å²) in [7, 11) is 1.57. The highest BCUT2D eigenvalue weighted by Gasteiger charge is 2.14. The van der Waals surface area contributed by atoms with Gasteiger partial charge in [-0.05, 0) is 43.3 Å². The van der Waals surface area contributed by atoms with Crippen molar-refractivity contribution in [3.05, 3.63) is 70.9 Å². The summed E-state index contributed by atoms with van der Waals surface area (Å²) in [6.07, 6.45) is 3.59. The van der Waals surface area contributed by atoms with E-state index in [1.165, 1.54) is 0 Å². The van der Waals surface area contributed by atoms with Gasteiger partial charge in [0.15, 0.2) is 5.58 Å². The standard InChI is InChI=1S/C20H17ClN4O3/c1-12-10-25(11-23-12)17-5-3-13(7-19(17)27-2)20(26)22-9-16-15-8-14(21)4-6-18(15)28-24-16/h3-8,10-11H,9H2,1-2H3,(H,22,26). The van der Waals surface area contributed by atoms with E-state index in [1.54, 1.807) is 43.8 Å². The van der Waals surface area contributed by atoms with Crippen LogP contribution in [0.25, 0.3) is 16.7 Å². The van der Waals surface area contributed by atoms with Gasteiger partial charge in [-0.3, -0.25) is 4.79 Å². The maximum Gasteiger partial charge on any atom is 0.251 e. The van der Waals surface area contributed by atoms with Crippen LogP contribution >= 0.6 is 11.6 Å². The normalized spacial score (nSPS) is 11.0. The summed E-state index contributed by atoms with van der Waals surface area (Å²) in [4.78, 5) is 16.8. The number of ether oxygens (including phenoxy) is 1. The van der Waals surface area contributed by atoms with E-state index >= 15 is 0 Å². The summed E-state index contributed by atoms with van der Waals surface area (Å²) in [5.74, 6) is 0.327. The molecule has 0 aliphatic rings. The number of imidazole rings is 1. The summed E-state index contributed by atoms with van der Waals surface area (Å²) >= 11 is 6.03. The predicted octanol–water partition coefficient (Wildman–Crippen LogP) is 3.91. The SMILES string of the molecule is COc1cc(C(=O)NCc2noc3ccc(Cl)cc23)ccc1-n1cnc(C)c1. The molecule has 0 spiro atoms. The van der Waals surface area contributed by atoms with E-state index < -0.39 is 0 Å². The fourth-order valence-corrected chi connectivity index (χ4v) is 3.11. The van der Waals surface area contributed by atoms with Crippen LogP contribution in [0.15, 0.2) is 53.4 Å². The van der Waals surface area contributed by atoms with Crippen molar-refractivity contribution in [3.8, 4) is 11.4 Å². The van der Waals surface area contributed by atoms with Crippen molar-refractivity contribution < 1.29 is 14.1 Å². The van der Waals surface area contributed by atoms with Crippen LogP contribution in [0.1, 0.15) is 21.7 Å². The van der Waals surface area contributed by atoms with Gasteiger partial charge in [0.1, 0.15) is 11.4 Å². The molecule has 4 rings (SSSR count). The van der Waals surface area contributed by atoms with Gasteiger partial charge in [-0.15, -0.1) is 0 Å². The first kappa shape index (κ1) is 18.1. The molecule has 1 N–H and O–H groups in total. The molecule has 0 aliphatic carbocycles. The fraction of sp³-hybridized carbons (Fsp3) is 0.150. The number of fused-ring (bicyclic) bond motifs is 1. The van der Waals surface area contributed by atoms with E-state index in [0.717, 1.165) is 16.8 Å². The second-order valence-electron chi connectivity index (χ2n) is 6.26. The Kier molecular flexibility index (Phi) is 4.75. The van der Waals surface area contributed by atoms with E-state index in [1.807, 2.05) is 23.8 Å². The van der Waals surface area contributed by atoms with Crippen LogP contribution < -0.4 is 10.1 Å². The van der Waals surface area contributed by atoms with Crippen LogP contribution in [0.3, 0.4) is 0 Å². The number of hydrogen-bond donors (Lipinski definition) is 1. The third-order valence-corrected chi connectivity index (χ3v) is 4.59. The molecule has 0 saturated heterocycles. The number of carbonyl (C=O) groups excluding carboxylic acids is 1. The Hall–Kier alpha value is -3.32. The van der Waals surface area contributed by atoms with Crippen molar-refractivity contribution in [2.45, 2.75) is 13.5 Å². The Balaban J connectivity index is 1.53. The van der Waals surface area contributed by atoms with Crippen molar-refractivity contribution in [2.24, 2.45) is 0 Å². The minimum absolute atomic E-state index is 0.219. The van der Waals surface area contributed by atoms with Gasteiger partial charge in [-0.2, -0.15) is 0 Å². The molecular weight excluding hydrogens is 380 g/mol. The molecule has 142 valence electrons. The number of nitrogens with one attached hydrogen (secondary N) is 1. The van der Waals surface area contributed by atoms with Gasteiger partial charge < -0.3 is 19.1 Å². The highest BCUT2D eigenvalue weighted by atomic mass is 35.5. The maximum absolute atomic E-state index is 12.6. The Labute approximate surface area is 165 Å². The minimum Gasteiger partial charge on any atom is -0.495 e. The summed E-state index contributed by atoms with van der Waals surface area (Å²) in [5.41, 5.74) is 3.41. The number of amides is 1. The molecule has 0 radical (unpaired) electrons. The smallest absolute Gasteiger partial charge is 0.251 e. The van der Waals surface area contributed by atoms with Gasteiger partial charge in [-0.25, -0.2) is 4.98 Å². The number of aryl methyl sites for hydroxylation is 1. The van der Waals surface area contributed by atoms with Crippen molar-refractivity contribution in [2.75, 3.05) is 7.11 Å². The van der Waals surface area contributed by atoms with Gasteiger partial charge >= 0.3 is 0 Å². The molecular formula is C20H17ClN4O3. The minimum atomic E-state index is -0.246.